The van der Waals surface area contributed by atoms with Gasteiger partial charge in [-0.2, -0.15) is 10.2 Å². The molecule has 148 valence electrons. The van der Waals surface area contributed by atoms with Gasteiger partial charge < -0.3 is 9.47 Å². The molecule has 0 spiro atoms. The topological polar surface area (TPSA) is 77.7 Å². The van der Waals surface area contributed by atoms with Crippen LogP contribution in [0.4, 0.5) is 4.39 Å². The van der Waals surface area contributed by atoms with Gasteiger partial charge in [0, 0.05) is 0 Å². The number of ether oxygens (including phenoxy) is 2. The molecule has 9 heteroatoms. The fraction of sp³-hybridized carbons (Fsp3) is 0.150. The summed E-state index contributed by atoms with van der Waals surface area (Å²) >= 11 is 6.38. The molecule has 0 aliphatic carbocycles. The van der Waals surface area contributed by atoms with E-state index in [0.29, 0.717) is 33.6 Å². The summed E-state index contributed by atoms with van der Waals surface area (Å²) in [7, 11) is 0. The minimum atomic E-state index is -0.819. The molecule has 0 bridgehead atoms. The van der Waals surface area contributed by atoms with E-state index < -0.39 is 12.0 Å². The minimum Gasteiger partial charge on any atom is -0.485 e. The first-order chi connectivity index (χ1) is 14.0. The highest BCUT2D eigenvalue weighted by Gasteiger charge is 2.27. The molecular weight excluding hydrogens is 399 g/mol. The van der Waals surface area contributed by atoms with Crippen molar-refractivity contribution in [1.29, 1.82) is 0 Å². The lowest BCUT2D eigenvalue weighted by Gasteiger charge is -2.24. The van der Waals surface area contributed by atoms with Gasteiger partial charge in [0.05, 0.1) is 23.2 Å². The molecule has 3 aromatic rings. The molecule has 1 N–H and O–H groups in total. The largest absolute Gasteiger partial charge is 0.485 e. The van der Waals surface area contributed by atoms with E-state index in [1.807, 2.05) is 6.07 Å². The van der Waals surface area contributed by atoms with Gasteiger partial charge in [0.25, 0.3) is 5.91 Å². The van der Waals surface area contributed by atoms with Gasteiger partial charge in [-0.25, -0.2) is 14.5 Å². The number of aryl methyl sites for hydroxylation is 1. The van der Waals surface area contributed by atoms with E-state index in [1.54, 1.807) is 37.3 Å². The number of nitrogens with one attached hydrogen (secondary N) is 1. The molecule has 4 rings (SSSR count). The van der Waals surface area contributed by atoms with Gasteiger partial charge in [0.1, 0.15) is 17.6 Å². The number of aromatic nitrogens is 2. The number of rotatable bonds is 4. The summed E-state index contributed by atoms with van der Waals surface area (Å²) < 4.78 is 25.7. The van der Waals surface area contributed by atoms with Crippen LogP contribution in [0.25, 0.3) is 5.69 Å². The van der Waals surface area contributed by atoms with E-state index in [-0.39, 0.29) is 12.4 Å². The second kappa shape index (κ2) is 7.92. The van der Waals surface area contributed by atoms with Gasteiger partial charge in [-0.3, -0.25) is 4.79 Å². The average Bonchev–Trinajstić information content (AvgIpc) is 3.02. The normalized spacial score (nSPS) is 15.5. The Labute approximate surface area is 170 Å². The van der Waals surface area contributed by atoms with Crippen molar-refractivity contribution >= 4 is 23.7 Å². The fourth-order valence-electron chi connectivity index (χ4n) is 2.79. The molecule has 0 fully saturated rings. The molecule has 2 aromatic carbocycles. The van der Waals surface area contributed by atoms with Crippen molar-refractivity contribution in [3.8, 4) is 17.2 Å². The molecule has 2 heterocycles. The van der Waals surface area contributed by atoms with E-state index in [9.17, 15) is 9.18 Å². The van der Waals surface area contributed by atoms with Gasteiger partial charge in [-0.1, -0.05) is 23.7 Å². The van der Waals surface area contributed by atoms with Crippen molar-refractivity contribution in [2.75, 3.05) is 6.61 Å². The molecule has 1 aliphatic heterocycles. The van der Waals surface area contributed by atoms with Gasteiger partial charge >= 0.3 is 0 Å². The number of halogens is 2. The van der Waals surface area contributed by atoms with Crippen molar-refractivity contribution < 1.29 is 18.7 Å². The minimum absolute atomic E-state index is 0.0840. The zero-order valence-electron chi connectivity index (χ0n) is 15.3. The maximum absolute atomic E-state index is 13.1. The van der Waals surface area contributed by atoms with Gasteiger partial charge in [-0.15, -0.1) is 0 Å². The highest BCUT2D eigenvalue weighted by atomic mass is 35.5. The van der Waals surface area contributed by atoms with Crippen LogP contribution >= 0.6 is 11.6 Å². The third-order valence-electron chi connectivity index (χ3n) is 4.29. The lowest BCUT2D eigenvalue weighted by Crippen LogP contribution is -2.42. The molecule has 1 aliphatic rings. The van der Waals surface area contributed by atoms with Crippen LogP contribution in [-0.2, 0) is 4.79 Å². The van der Waals surface area contributed by atoms with E-state index in [0.717, 1.165) is 0 Å². The Morgan fingerprint density at radius 3 is 2.76 bits per heavy atom. The van der Waals surface area contributed by atoms with Crippen LogP contribution in [0.5, 0.6) is 11.5 Å². The number of benzene rings is 2. The van der Waals surface area contributed by atoms with Crippen molar-refractivity contribution in [1.82, 2.24) is 15.2 Å². The van der Waals surface area contributed by atoms with Crippen LogP contribution in [0.1, 0.15) is 11.3 Å². The molecule has 1 atom stereocenters. The molecule has 1 unspecified atom stereocenters. The number of hydrogen-bond acceptors (Lipinski definition) is 5. The summed E-state index contributed by atoms with van der Waals surface area (Å²) in [5, 5.41) is 8.58. The summed E-state index contributed by atoms with van der Waals surface area (Å²) in [6.45, 7) is 1.84. The second-order valence-corrected chi connectivity index (χ2v) is 6.63. The molecule has 0 saturated carbocycles. The Hall–Kier alpha value is -3.39. The van der Waals surface area contributed by atoms with Gasteiger partial charge in [0.2, 0.25) is 6.10 Å². The van der Waals surface area contributed by atoms with Gasteiger partial charge in [0.15, 0.2) is 11.5 Å². The fourth-order valence-corrected chi connectivity index (χ4v) is 3.11. The Morgan fingerprint density at radius 1 is 1.28 bits per heavy atom. The summed E-state index contributed by atoms with van der Waals surface area (Å²) in [5.41, 5.74) is 4.16. The zero-order valence-corrected chi connectivity index (χ0v) is 16.1. The Bertz CT molecular complexity index is 1080. The van der Waals surface area contributed by atoms with E-state index in [1.165, 1.54) is 23.0 Å². The summed E-state index contributed by atoms with van der Waals surface area (Å²) in [6.07, 6.45) is 0.584. The van der Waals surface area contributed by atoms with E-state index >= 15 is 0 Å². The van der Waals surface area contributed by atoms with Crippen LogP contribution in [0.2, 0.25) is 5.15 Å². The predicted molar refractivity (Wildman–Crippen MR) is 105 cm³/mol. The van der Waals surface area contributed by atoms with Crippen molar-refractivity contribution in [3.63, 3.8) is 0 Å². The lowest BCUT2D eigenvalue weighted by atomic mass is 10.2. The number of carbonyl (C=O) groups excluding carboxylic acids is 1. The monoisotopic (exact) mass is 414 g/mol. The number of para-hydroxylation sites is 2. The molecule has 1 amide bonds. The first-order valence-corrected chi connectivity index (χ1v) is 9.13. The van der Waals surface area contributed by atoms with Crippen LogP contribution in [0, 0.1) is 12.7 Å². The molecule has 0 radical (unpaired) electrons. The van der Waals surface area contributed by atoms with Crippen molar-refractivity contribution in [2.24, 2.45) is 5.10 Å². The zero-order chi connectivity index (χ0) is 20.4. The van der Waals surface area contributed by atoms with Crippen molar-refractivity contribution in [2.45, 2.75) is 13.0 Å². The Kier molecular flexibility index (Phi) is 5.18. The lowest BCUT2D eigenvalue weighted by molar-refractivity contribution is -0.130. The molecular formula is C20H16ClFN4O3. The first-order valence-electron chi connectivity index (χ1n) is 8.75. The number of hydrogen-bond donors (Lipinski definition) is 1. The average molecular weight is 415 g/mol. The summed E-state index contributed by atoms with van der Waals surface area (Å²) in [6, 6.07) is 12.9. The van der Waals surface area contributed by atoms with Crippen LogP contribution in [0.15, 0.2) is 53.6 Å². The smallest absolute Gasteiger partial charge is 0.284 e. The third-order valence-corrected chi connectivity index (χ3v) is 4.65. The number of carbonyl (C=O) groups is 1. The maximum Gasteiger partial charge on any atom is 0.284 e. The molecule has 7 nitrogen and oxygen atoms in total. The van der Waals surface area contributed by atoms with E-state index in [2.05, 4.69) is 15.6 Å². The maximum atomic E-state index is 13.1. The summed E-state index contributed by atoms with van der Waals surface area (Å²) in [4.78, 5) is 12.3. The molecule has 29 heavy (non-hydrogen) atoms. The van der Waals surface area contributed by atoms with Crippen molar-refractivity contribution in [3.05, 3.63) is 70.8 Å². The SMILES string of the molecule is Cc1nn(-c2ccc(F)cc2)c(Cl)c1/C=N/NC(=O)C1COc2ccccc2O1. The molecule has 0 saturated heterocycles. The highest BCUT2D eigenvalue weighted by Crippen LogP contribution is 2.30. The van der Waals surface area contributed by atoms with Crippen LogP contribution in [0.3, 0.4) is 0 Å². The summed E-state index contributed by atoms with van der Waals surface area (Å²) in [5.74, 6) is 0.295. The molecule has 1 aromatic heterocycles. The number of amides is 1. The van der Waals surface area contributed by atoms with Crippen LogP contribution in [-0.4, -0.2) is 34.6 Å². The Morgan fingerprint density at radius 2 is 2.00 bits per heavy atom. The van der Waals surface area contributed by atoms with E-state index in [4.69, 9.17) is 21.1 Å². The number of nitrogens with zero attached hydrogens (tertiary/aromatic N) is 3. The number of hydrazone groups is 1. The third kappa shape index (κ3) is 3.93. The quantitative estimate of drug-likeness (QED) is 0.525. The highest BCUT2D eigenvalue weighted by molar-refractivity contribution is 6.32. The Balaban J connectivity index is 1.45. The van der Waals surface area contributed by atoms with Gasteiger partial charge in [-0.05, 0) is 43.3 Å². The first kappa shape index (κ1) is 18.9. The number of fused-ring (bicyclic) bond motifs is 1. The second-order valence-electron chi connectivity index (χ2n) is 6.28. The predicted octanol–water partition coefficient (Wildman–Crippen LogP) is 3.26. The van der Waals surface area contributed by atoms with Crippen LogP contribution < -0.4 is 14.9 Å². The standard InChI is InChI=1S/C20H16ClFN4O3/c1-12-15(19(21)26(25-12)14-8-6-13(22)7-9-14)10-23-24-20(27)18-11-28-16-4-2-3-5-17(16)29-18/h2-10,18H,11H2,1H3,(H,24,27)/b23-10+.